The summed E-state index contributed by atoms with van der Waals surface area (Å²) in [5.74, 6) is -0.613. The van der Waals surface area contributed by atoms with E-state index in [4.69, 9.17) is 4.74 Å². The summed E-state index contributed by atoms with van der Waals surface area (Å²) in [6.07, 6.45) is 7.55. The molecule has 134 valence electrons. The van der Waals surface area contributed by atoms with Gasteiger partial charge in [0.2, 0.25) is 0 Å². The number of nitrogens with one attached hydrogen (secondary N) is 1. The third kappa shape index (κ3) is 10.7. The molecule has 0 aromatic heterocycles. The fourth-order valence-corrected chi connectivity index (χ4v) is 1.91. The molecule has 0 aliphatic carbocycles. The number of rotatable bonds is 11. The Hall–Kier alpha value is -1.56. The van der Waals surface area contributed by atoms with E-state index in [1.807, 2.05) is 6.92 Å². The van der Waals surface area contributed by atoms with E-state index in [2.05, 4.69) is 17.0 Å². The number of aliphatic hydroxyl groups is 1. The van der Waals surface area contributed by atoms with Gasteiger partial charge in [-0.1, -0.05) is 51.7 Å². The van der Waals surface area contributed by atoms with Crippen molar-refractivity contribution in [3.63, 3.8) is 0 Å². The maximum absolute atomic E-state index is 11.7. The zero-order chi connectivity index (χ0) is 17.7. The number of ether oxygens (including phenoxy) is 2. The van der Waals surface area contributed by atoms with Gasteiger partial charge in [0.1, 0.15) is 6.04 Å². The van der Waals surface area contributed by atoms with Crippen LogP contribution in [0.3, 0.4) is 0 Å². The van der Waals surface area contributed by atoms with Gasteiger partial charge >= 0.3 is 12.1 Å². The van der Waals surface area contributed by atoms with Crippen LogP contribution in [-0.4, -0.2) is 42.5 Å². The van der Waals surface area contributed by atoms with Gasteiger partial charge in [0, 0.05) is 0 Å². The quantitative estimate of drug-likeness (QED) is 0.346. The normalized spacial score (nSPS) is 15.0. The van der Waals surface area contributed by atoms with Gasteiger partial charge in [-0.2, -0.15) is 0 Å². The Morgan fingerprint density at radius 1 is 1.22 bits per heavy atom. The van der Waals surface area contributed by atoms with Crippen LogP contribution in [0.4, 0.5) is 4.79 Å². The Kier molecular flexibility index (Phi) is 11.1. The summed E-state index contributed by atoms with van der Waals surface area (Å²) in [5, 5.41) is 12.7. The molecule has 1 amide bonds. The number of unbranched alkanes of at least 4 members (excludes halogenated alkanes) is 3. The van der Waals surface area contributed by atoms with E-state index in [9.17, 15) is 14.7 Å². The molecular weight excluding hydrogens is 298 g/mol. The molecule has 0 radical (unpaired) electrons. The molecular formula is C17H31NO5. The van der Waals surface area contributed by atoms with Crippen molar-refractivity contribution in [2.24, 2.45) is 0 Å². The first-order valence-corrected chi connectivity index (χ1v) is 8.29. The van der Waals surface area contributed by atoms with Gasteiger partial charge in [-0.25, -0.2) is 9.59 Å². The molecule has 2 unspecified atom stereocenters. The predicted octanol–water partition coefficient (Wildman–Crippen LogP) is 2.94. The first-order chi connectivity index (χ1) is 10.9. The Bertz CT molecular complexity index is 379. The molecule has 0 bridgehead atoms. The molecule has 0 aliphatic heterocycles. The predicted molar refractivity (Wildman–Crippen MR) is 89.1 cm³/mol. The average Bonchev–Trinajstić information content (AvgIpc) is 2.51. The highest BCUT2D eigenvalue weighted by molar-refractivity contribution is 5.83. The Morgan fingerprint density at radius 2 is 1.87 bits per heavy atom. The summed E-state index contributed by atoms with van der Waals surface area (Å²) in [4.78, 5) is 23.4. The van der Waals surface area contributed by atoms with E-state index in [1.165, 1.54) is 19.3 Å². The van der Waals surface area contributed by atoms with Crippen molar-refractivity contribution in [2.45, 2.75) is 70.9 Å². The van der Waals surface area contributed by atoms with Crippen molar-refractivity contribution in [1.82, 2.24) is 5.32 Å². The lowest BCUT2D eigenvalue weighted by Crippen LogP contribution is -2.41. The number of amides is 1. The number of alkyl carbamates (subject to hydrolysis) is 1. The second kappa shape index (κ2) is 11.9. The second-order valence-corrected chi connectivity index (χ2v) is 5.81. The first-order valence-electron chi connectivity index (χ1n) is 8.29. The lowest BCUT2D eigenvalue weighted by Gasteiger charge is -2.20. The van der Waals surface area contributed by atoms with Gasteiger partial charge in [-0.15, -0.1) is 0 Å². The molecule has 2 N–H and O–H groups in total. The van der Waals surface area contributed by atoms with Crippen molar-refractivity contribution in [3.05, 3.63) is 12.2 Å². The average molecular weight is 329 g/mol. The molecule has 0 heterocycles. The molecule has 0 rings (SSSR count). The number of esters is 1. The van der Waals surface area contributed by atoms with Gasteiger partial charge in [0.15, 0.2) is 0 Å². The maximum atomic E-state index is 11.7. The number of methoxy groups -OCH3 is 1. The van der Waals surface area contributed by atoms with Crippen molar-refractivity contribution >= 4 is 12.1 Å². The molecule has 6 heteroatoms. The van der Waals surface area contributed by atoms with E-state index in [1.54, 1.807) is 6.92 Å². The third-order valence-electron chi connectivity index (χ3n) is 3.39. The van der Waals surface area contributed by atoms with Crippen molar-refractivity contribution in [3.8, 4) is 0 Å². The lowest BCUT2D eigenvalue weighted by atomic mass is 9.97. The van der Waals surface area contributed by atoms with Gasteiger partial charge < -0.3 is 19.9 Å². The van der Waals surface area contributed by atoms with E-state index in [0.717, 1.165) is 32.1 Å². The zero-order valence-electron chi connectivity index (χ0n) is 14.8. The van der Waals surface area contributed by atoms with Gasteiger partial charge in [0.05, 0.1) is 19.3 Å². The zero-order valence-corrected chi connectivity index (χ0v) is 14.8. The summed E-state index contributed by atoms with van der Waals surface area (Å²) >= 11 is 0. The molecule has 0 aromatic carbocycles. The fourth-order valence-electron chi connectivity index (χ4n) is 1.91. The highest BCUT2D eigenvalue weighted by Gasteiger charge is 2.22. The maximum Gasteiger partial charge on any atom is 0.408 e. The summed E-state index contributed by atoms with van der Waals surface area (Å²) in [5.41, 5.74) is -1.03. The monoisotopic (exact) mass is 329 g/mol. The van der Waals surface area contributed by atoms with Gasteiger partial charge in [-0.05, 0) is 19.8 Å². The number of carbonyl (C=O) groups excluding carboxylic acids is 2. The molecule has 2 atom stereocenters. The number of hydrogen-bond acceptors (Lipinski definition) is 5. The number of carbonyl (C=O) groups is 2. The summed E-state index contributed by atoms with van der Waals surface area (Å²) in [7, 11) is 1.24. The van der Waals surface area contributed by atoms with Crippen LogP contribution in [0.1, 0.15) is 59.3 Å². The second-order valence-electron chi connectivity index (χ2n) is 5.81. The summed E-state index contributed by atoms with van der Waals surface area (Å²) in [6, 6.07) is -0.980. The Balaban J connectivity index is 4.62. The minimum Gasteiger partial charge on any atom is -0.467 e. The van der Waals surface area contributed by atoms with E-state index in [-0.39, 0.29) is 0 Å². The number of hydrogen-bond donors (Lipinski definition) is 2. The minimum absolute atomic E-state index is 0.300. The van der Waals surface area contributed by atoms with Crippen LogP contribution < -0.4 is 5.32 Å². The molecule has 0 aromatic rings. The largest absolute Gasteiger partial charge is 0.467 e. The summed E-state index contributed by atoms with van der Waals surface area (Å²) < 4.78 is 9.63. The molecule has 23 heavy (non-hydrogen) atoms. The molecule has 0 saturated carbocycles. The molecule has 6 nitrogen and oxygen atoms in total. The molecule has 0 fully saturated rings. The third-order valence-corrected chi connectivity index (χ3v) is 3.39. The SMILES string of the molecule is CCCCCC(C)(O)/C=C/C(NC(=O)OCCCC)C(=O)OC. The van der Waals surface area contributed by atoms with Crippen LogP contribution in [0.5, 0.6) is 0 Å². The van der Waals surface area contributed by atoms with Crippen molar-refractivity contribution in [1.29, 1.82) is 0 Å². The van der Waals surface area contributed by atoms with E-state index >= 15 is 0 Å². The molecule has 0 aliphatic rings. The van der Waals surface area contributed by atoms with Crippen LogP contribution in [0.2, 0.25) is 0 Å². The van der Waals surface area contributed by atoms with Crippen LogP contribution >= 0.6 is 0 Å². The fraction of sp³-hybridized carbons (Fsp3) is 0.765. The minimum atomic E-state index is -1.03. The summed E-state index contributed by atoms with van der Waals surface area (Å²) in [6.45, 7) is 6.05. The van der Waals surface area contributed by atoms with Gasteiger partial charge in [-0.3, -0.25) is 0 Å². The lowest BCUT2D eigenvalue weighted by molar-refractivity contribution is -0.141. The van der Waals surface area contributed by atoms with Crippen LogP contribution in [0.15, 0.2) is 12.2 Å². The first kappa shape index (κ1) is 21.4. The Morgan fingerprint density at radius 3 is 2.43 bits per heavy atom. The molecule has 0 saturated heterocycles. The Labute approximate surface area is 139 Å². The van der Waals surface area contributed by atoms with Crippen LogP contribution in [0.25, 0.3) is 0 Å². The van der Waals surface area contributed by atoms with E-state index in [0.29, 0.717) is 13.0 Å². The smallest absolute Gasteiger partial charge is 0.408 e. The van der Waals surface area contributed by atoms with E-state index < -0.39 is 23.7 Å². The van der Waals surface area contributed by atoms with Crippen LogP contribution in [0, 0.1) is 0 Å². The van der Waals surface area contributed by atoms with Gasteiger partial charge in [0.25, 0.3) is 0 Å². The standard InChI is InChI=1S/C17H31NO5/c1-5-7-9-11-17(3,21)12-10-14(15(19)22-4)18-16(20)23-13-8-6-2/h10,12,14,21H,5-9,11,13H2,1-4H3,(H,18,20)/b12-10+. The highest BCUT2D eigenvalue weighted by Crippen LogP contribution is 2.16. The van der Waals surface area contributed by atoms with Crippen LogP contribution in [-0.2, 0) is 14.3 Å². The van der Waals surface area contributed by atoms with Crippen molar-refractivity contribution in [2.75, 3.05) is 13.7 Å². The topological polar surface area (TPSA) is 84.9 Å². The van der Waals surface area contributed by atoms with Crippen molar-refractivity contribution < 1.29 is 24.2 Å². The molecule has 0 spiro atoms. The highest BCUT2D eigenvalue weighted by atomic mass is 16.6.